The third kappa shape index (κ3) is 4.03. The molecular weight excluding hydrogens is 337 g/mol. The highest BCUT2D eigenvalue weighted by Gasteiger charge is 2.39. The number of nitrogens with one attached hydrogen (secondary N) is 1. The standard InChI is InChI=1S/C16H20FN3O3.ClH/c1-21-11-16(6-8-18-9-7-16)15-19-14(20-23-15)10-22-13-5-3-2-4-12(13)17;/h2-5,18H,6-11H2,1H3;1H. The van der Waals surface area contributed by atoms with Gasteiger partial charge in [-0.1, -0.05) is 17.3 Å². The molecule has 0 unspecified atom stereocenters. The second-order valence-electron chi connectivity index (χ2n) is 5.70. The predicted molar refractivity (Wildman–Crippen MR) is 87.9 cm³/mol. The smallest absolute Gasteiger partial charge is 0.235 e. The van der Waals surface area contributed by atoms with Crippen LogP contribution in [0.1, 0.15) is 24.6 Å². The number of halogens is 2. The lowest BCUT2D eigenvalue weighted by molar-refractivity contribution is 0.0849. The van der Waals surface area contributed by atoms with Gasteiger partial charge in [0.15, 0.2) is 18.2 Å². The zero-order valence-electron chi connectivity index (χ0n) is 13.5. The van der Waals surface area contributed by atoms with Gasteiger partial charge in [-0.2, -0.15) is 4.98 Å². The van der Waals surface area contributed by atoms with Crippen molar-refractivity contribution in [3.8, 4) is 5.75 Å². The molecule has 0 atom stereocenters. The van der Waals surface area contributed by atoms with E-state index in [-0.39, 0.29) is 30.2 Å². The van der Waals surface area contributed by atoms with Crippen molar-refractivity contribution in [2.24, 2.45) is 0 Å². The highest BCUT2D eigenvalue weighted by atomic mass is 35.5. The largest absolute Gasteiger partial charge is 0.482 e. The van der Waals surface area contributed by atoms with Crippen molar-refractivity contribution < 1.29 is 18.4 Å². The highest BCUT2D eigenvalue weighted by molar-refractivity contribution is 5.85. The summed E-state index contributed by atoms with van der Waals surface area (Å²) in [5.41, 5.74) is -0.261. The van der Waals surface area contributed by atoms with Gasteiger partial charge in [0.2, 0.25) is 11.7 Å². The molecule has 8 heteroatoms. The minimum absolute atomic E-state index is 0. The molecule has 1 aliphatic heterocycles. The van der Waals surface area contributed by atoms with E-state index in [9.17, 15) is 4.39 Å². The lowest BCUT2D eigenvalue weighted by Crippen LogP contribution is -2.43. The van der Waals surface area contributed by atoms with Gasteiger partial charge in [0.25, 0.3) is 0 Å². The van der Waals surface area contributed by atoms with Crippen LogP contribution in [0.15, 0.2) is 28.8 Å². The minimum atomic E-state index is -0.412. The maximum atomic E-state index is 13.5. The fourth-order valence-electron chi connectivity index (χ4n) is 2.83. The summed E-state index contributed by atoms with van der Waals surface area (Å²) in [6.07, 6.45) is 1.74. The Balaban J connectivity index is 0.00000208. The predicted octanol–water partition coefficient (Wildman–Crippen LogP) is 2.48. The van der Waals surface area contributed by atoms with Gasteiger partial charge in [-0.05, 0) is 38.1 Å². The molecule has 1 fully saturated rings. The van der Waals surface area contributed by atoms with Crippen LogP contribution in [0.5, 0.6) is 5.75 Å². The molecule has 0 saturated carbocycles. The van der Waals surface area contributed by atoms with E-state index in [2.05, 4.69) is 15.5 Å². The van der Waals surface area contributed by atoms with Gasteiger partial charge < -0.3 is 19.3 Å². The van der Waals surface area contributed by atoms with Crippen LogP contribution in [0.3, 0.4) is 0 Å². The number of piperidine rings is 1. The first-order chi connectivity index (χ1) is 11.2. The van der Waals surface area contributed by atoms with Gasteiger partial charge in [-0.25, -0.2) is 4.39 Å². The van der Waals surface area contributed by atoms with Crippen molar-refractivity contribution in [3.05, 3.63) is 41.8 Å². The molecular formula is C16H21ClFN3O3. The summed E-state index contributed by atoms with van der Waals surface area (Å²) in [6.45, 7) is 2.36. The van der Waals surface area contributed by atoms with Gasteiger partial charge in [0, 0.05) is 7.11 Å². The molecule has 1 aromatic heterocycles. The number of hydrogen-bond donors (Lipinski definition) is 1. The van der Waals surface area contributed by atoms with Crippen LogP contribution in [0.2, 0.25) is 0 Å². The summed E-state index contributed by atoms with van der Waals surface area (Å²) >= 11 is 0. The second kappa shape index (κ2) is 8.41. The average Bonchev–Trinajstić information content (AvgIpc) is 3.05. The Morgan fingerprint density at radius 2 is 2.04 bits per heavy atom. The van der Waals surface area contributed by atoms with Crippen molar-refractivity contribution in [3.63, 3.8) is 0 Å². The molecule has 1 N–H and O–H groups in total. The molecule has 1 saturated heterocycles. The number of hydrogen-bond acceptors (Lipinski definition) is 6. The number of methoxy groups -OCH3 is 1. The molecule has 132 valence electrons. The van der Waals surface area contributed by atoms with E-state index in [0.717, 1.165) is 25.9 Å². The molecule has 2 aromatic rings. The van der Waals surface area contributed by atoms with Crippen LogP contribution in [-0.4, -0.2) is 36.9 Å². The van der Waals surface area contributed by atoms with E-state index in [1.165, 1.54) is 6.07 Å². The van der Waals surface area contributed by atoms with Gasteiger partial charge in [0.1, 0.15) is 0 Å². The fraction of sp³-hybridized carbons (Fsp3) is 0.500. The zero-order valence-corrected chi connectivity index (χ0v) is 14.3. The minimum Gasteiger partial charge on any atom is -0.482 e. The monoisotopic (exact) mass is 357 g/mol. The first kappa shape index (κ1) is 18.6. The summed E-state index contributed by atoms with van der Waals surface area (Å²) < 4.78 is 29.7. The van der Waals surface area contributed by atoms with E-state index >= 15 is 0 Å². The molecule has 0 amide bonds. The number of rotatable bonds is 6. The second-order valence-corrected chi connectivity index (χ2v) is 5.70. The summed E-state index contributed by atoms with van der Waals surface area (Å²) in [5.74, 6) is 0.725. The van der Waals surface area contributed by atoms with Crippen LogP contribution >= 0.6 is 12.4 Å². The van der Waals surface area contributed by atoms with E-state index in [1.54, 1.807) is 25.3 Å². The molecule has 1 aromatic carbocycles. The van der Waals surface area contributed by atoms with E-state index in [4.69, 9.17) is 14.0 Å². The van der Waals surface area contributed by atoms with Crippen LogP contribution < -0.4 is 10.1 Å². The Morgan fingerprint density at radius 3 is 2.75 bits per heavy atom. The van der Waals surface area contributed by atoms with Crippen molar-refractivity contribution >= 4 is 12.4 Å². The normalized spacial score (nSPS) is 16.4. The van der Waals surface area contributed by atoms with Gasteiger partial charge in [0.05, 0.1) is 12.0 Å². The molecule has 0 bridgehead atoms. The Morgan fingerprint density at radius 1 is 1.29 bits per heavy atom. The summed E-state index contributed by atoms with van der Waals surface area (Å²) in [5, 5.41) is 7.27. The SMILES string of the molecule is COCC1(c2nc(COc3ccccc3F)no2)CCNCC1.Cl. The molecule has 0 radical (unpaired) electrons. The number of ether oxygens (including phenoxy) is 2. The maximum Gasteiger partial charge on any atom is 0.235 e. The fourth-order valence-corrected chi connectivity index (χ4v) is 2.83. The molecule has 2 heterocycles. The quantitative estimate of drug-likeness (QED) is 0.856. The Kier molecular flexibility index (Phi) is 6.53. The third-order valence-corrected chi connectivity index (χ3v) is 4.10. The Bertz CT molecular complexity index is 641. The molecule has 0 spiro atoms. The molecule has 3 rings (SSSR count). The summed E-state index contributed by atoms with van der Waals surface area (Å²) in [7, 11) is 1.67. The van der Waals surface area contributed by atoms with Crippen LogP contribution in [0.25, 0.3) is 0 Å². The lowest BCUT2D eigenvalue weighted by Gasteiger charge is -2.33. The first-order valence-electron chi connectivity index (χ1n) is 7.63. The van der Waals surface area contributed by atoms with E-state index in [1.807, 2.05) is 0 Å². The molecule has 1 aliphatic rings. The topological polar surface area (TPSA) is 69.4 Å². The number of nitrogens with zero attached hydrogens (tertiary/aromatic N) is 2. The van der Waals surface area contributed by atoms with Crippen molar-refractivity contribution in [2.45, 2.75) is 24.9 Å². The maximum absolute atomic E-state index is 13.5. The van der Waals surface area contributed by atoms with Crippen molar-refractivity contribution in [1.82, 2.24) is 15.5 Å². The number of para-hydroxylation sites is 1. The molecule has 6 nitrogen and oxygen atoms in total. The first-order valence-corrected chi connectivity index (χ1v) is 7.63. The van der Waals surface area contributed by atoms with Gasteiger partial charge in [-0.15, -0.1) is 12.4 Å². The van der Waals surface area contributed by atoms with Crippen molar-refractivity contribution in [2.75, 3.05) is 26.8 Å². The number of benzene rings is 1. The van der Waals surface area contributed by atoms with Crippen LogP contribution in [0, 0.1) is 5.82 Å². The van der Waals surface area contributed by atoms with Gasteiger partial charge in [-0.3, -0.25) is 0 Å². The third-order valence-electron chi connectivity index (χ3n) is 4.10. The summed E-state index contributed by atoms with van der Waals surface area (Å²) in [6, 6.07) is 6.23. The molecule has 24 heavy (non-hydrogen) atoms. The average molecular weight is 358 g/mol. The van der Waals surface area contributed by atoms with Crippen LogP contribution in [0.4, 0.5) is 4.39 Å². The van der Waals surface area contributed by atoms with Crippen molar-refractivity contribution in [1.29, 1.82) is 0 Å². The van der Waals surface area contributed by atoms with Gasteiger partial charge >= 0.3 is 0 Å². The van der Waals surface area contributed by atoms with E-state index < -0.39 is 5.82 Å². The lowest BCUT2D eigenvalue weighted by atomic mass is 9.79. The van der Waals surface area contributed by atoms with E-state index in [0.29, 0.717) is 18.3 Å². The van der Waals surface area contributed by atoms with Crippen LogP contribution in [-0.2, 0) is 16.8 Å². The Labute approximate surface area is 146 Å². The molecule has 0 aliphatic carbocycles. The summed E-state index contributed by atoms with van der Waals surface area (Å²) in [4.78, 5) is 4.44. The number of aromatic nitrogens is 2. The Hall–Kier alpha value is -1.70. The zero-order chi connectivity index (χ0) is 16.1. The highest BCUT2D eigenvalue weighted by Crippen LogP contribution is 2.32.